The van der Waals surface area contributed by atoms with E-state index in [9.17, 15) is 0 Å². The van der Waals surface area contributed by atoms with E-state index in [0.29, 0.717) is 5.56 Å². The Labute approximate surface area is 118 Å². The van der Waals surface area contributed by atoms with E-state index in [0.717, 1.165) is 22.4 Å². The molecule has 0 aliphatic heterocycles. The lowest BCUT2D eigenvalue weighted by Gasteiger charge is -2.05. The lowest BCUT2D eigenvalue weighted by Crippen LogP contribution is -1.85. The van der Waals surface area contributed by atoms with Gasteiger partial charge in [-0.15, -0.1) is 0 Å². The number of rotatable bonds is 2. The van der Waals surface area contributed by atoms with Gasteiger partial charge in [0.2, 0.25) is 0 Å². The van der Waals surface area contributed by atoms with Gasteiger partial charge in [-0.05, 0) is 29.3 Å². The van der Waals surface area contributed by atoms with Crippen LogP contribution in [0.4, 0.5) is 0 Å². The lowest BCUT2D eigenvalue weighted by molar-refractivity contribution is 1.33. The zero-order valence-electron chi connectivity index (χ0n) is 10.8. The van der Waals surface area contributed by atoms with Gasteiger partial charge in [-0.1, -0.05) is 48.5 Å². The molecule has 20 heavy (non-hydrogen) atoms. The van der Waals surface area contributed by atoms with Gasteiger partial charge in [-0.25, -0.2) is 0 Å². The normalized spacial score (nSPS) is 9.95. The maximum absolute atomic E-state index is 9.15. The molecule has 3 aromatic rings. The van der Waals surface area contributed by atoms with Crippen molar-refractivity contribution in [1.29, 1.82) is 5.26 Å². The van der Waals surface area contributed by atoms with Gasteiger partial charge < -0.3 is 0 Å². The van der Waals surface area contributed by atoms with E-state index < -0.39 is 0 Å². The summed E-state index contributed by atoms with van der Waals surface area (Å²) in [7, 11) is 0. The maximum Gasteiger partial charge on any atom is 0.0998 e. The molecule has 1 aromatic heterocycles. The first-order valence-corrected chi connectivity index (χ1v) is 6.39. The van der Waals surface area contributed by atoms with Crippen LogP contribution in [0.5, 0.6) is 0 Å². The van der Waals surface area contributed by atoms with E-state index in [-0.39, 0.29) is 0 Å². The Balaban J connectivity index is 2.00. The first kappa shape index (κ1) is 12.1. The van der Waals surface area contributed by atoms with E-state index in [1.807, 2.05) is 66.7 Å². The number of hydrogen-bond acceptors (Lipinski definition) is 2. The quantitative estimate of drug-likeness (QED) is 0.686. The van der Waals surface area contributed by atoms with E-state index in [4.69, 9.17) is 5.26 Å². The van der Waals surface area contributed by atoms with E-state index in [1.165, 1.54) is 0 Å². The van der Waals surface area contributed by atoms with Crippen molar-refractivity contribution in [3.63, 3.8) is 0 Å². The lowest BCUT2D eigenvalue weighted by atomic mass is 9.99. The minimum absolute atomic E-state index is 0.693. The molecule has 0 radical (unpaired) electrons. The molecule has 1 heterocycles. The molecule has 0 spiro atoms. The summed E-state index contributed by atoms with van der Waals surface area (Å²) in [6.45, 7) is 0. The topological polar surface area (TPSA) is 36.7 Å². The number of aromatic nitrogens is 1. The van der Waals surface area contributed by atoms with E-state index >= 15 is 0 Å². The first-order chi connectivity index (χ1) is 9.88. The van der Waals surface area contributed by atoms with E-state index in [1.54, 1.807) is 6.20 Å². The molecule has 0 N–H and O–H groups in total. The molecule has 0 saturated carbocycles. The van der Waals surface area contributed by atoms with Gasteiger partial charge in [0.05, 0.1) is 17.3 Å². The number of nitrogens with zero attached hydrogens (tertiary/aromatic N) is 2. The Bertz CT molecular complexity index is 753. The molecule has 0 saturated heterocycles. The average molecular weight is 256 g/mol. The zero-order chi connectivity index (χ0) is 13.8. The largest absolute Gasteiger partial charge is 0.256 e. The molecule has 0 fully saturated rings. The van der Waals surface area contributed by atoms with Crippen molar-refractivity contribution >= 4 is 0 Å². The van der Waals surface area contributed by atoms with Crippen LogP contribution in [0.1, 0.15) is 5.56 Å². The van der Waals surface area contributed by atoms with Gasteiger partial charge in [0, 0.05) is 11.8 Å². The smallest absolute Gasteiger partial charge is 0.0998 e. The molecule has 0 aliphatic carbocycles. The van der Waals surface area contributed by atoms with Gasteiger partial charge in [-0.2, -0.15) is 5.26 Å². The molecule has 0 atom stereocenters. The van der Waals surface area contributed by atoms with Crippen LogP contribution in [-0.2, 0) is 0 Å². The molecule has 0 unspecified atom stereocenters. The summed E-state index contributed by atoms with van der Waals surface area (Å²) in [5.74, 6) is 0. The minimum Gasteiger partial charge on any atom is -0.256 e. The summed E-state index contributed by atoms with van der Waals surface area (Å²) < 4.78 is 0. The molecule has 0 bridgehead atoms. The second-order valence-corrected chi connectivity index (χ2v) is 4.45. The second-order valence-electron chi connectivity index (χ2n) is 4.45. The van der Waals surface area contributed by atoms with Crippen molar-refractivity contribution in [2.45, 2.75) is 0 Å². The van der Waals surface area contributed by atoms with E-state index in [2.05, 4.69) is 11.1 Å². The van der Waals surface area contributed by atoms with Gasteiger partial charge in [0.25, 0.3) is 0 Å². The predicted molar refractivity (Wildman–Crippen MR) is 79.8 cm³/mol. The Morgan fingerprint density at radius 3 is 2.15 bits per heavy atom. The highest BCUT2D eigenvalue weighted by Gasteiger charge is 2.04. The molecular formula is C18H12N2. The standard InChI is InChI=1S/C18H12N2/c19-13-16-5-1-2-6-17(16)14-8-10-15(11-9-14)18-7-3-4-12-20-18/h1-12H. The summed E-state index contributed by atoms with van der Waals surface area (Å²) in [6.07, 6.45) is 1.79. The fourth-order valence-corrected chi connectivity index (χ4v) is 2.19. The summed E-state index contributed by atoms with van der Waals surface area (Å²) in [5.41, 5.74) is 4.72. The third-order valence-corrected chi connectivity index (χ3v) is 3.20. The molecule has 2 nitrogen and oxygen atoms in total. The summed E-state index contributed by atoms with van der Waals surface area (Å²) in [4.78, 5) is 4.33. The van der Waals surface area contributed by atoms with Gasteiger partial charge in [0.1, 0.15) is 0 Å². The van der Waals surface area contributed by atoms with Crippen LogP contribution in [0.15, 0.2) is 72.9 Å². The highest BCUT2D eigenvalue weighted by Crippen LogP contribution is 2.26. The molecule has 0 aliphatic rings. The Morgan fingerprint density at radius 1 is 0.750 bits per heavy atom. The molecule has 2 heteroatoms. The maximum atomic E-state index is 9.15. The van der Waals surface area contributed by atoms with Crippen molar-refractivity contribution in [3.05, 3.63) is 78.5 Å². The van der Waals surface area contributed by atoms with Crippen LogP contribution in [0.2, 0.25) is 0 Å². The Morgan fingerprint density at radius 2 is 1.45 bits per heavy atom. The van der Waals surface area contributed by atoms with Gasteiger partial charge >= 0.3 is 0 Å². The van der Waals surface area contributed by atoms with Crippen LogP contribution in [-0.4, -0.2) is 4.98 Å². The molecule has 94 valence electrons. The molecular weight excluding hydrogens is 244 g/mol. The number of nitriles is 1. The van der Waals surface area contributed by atoms with Crippen LogP contribution in [0, 0.1) is 11.3 Å². The van der Waals surface area contributed by atoms with Crippen molar-refractivity contribution in [3.8, 4) is 28.5 Å². The number of pyridine rings is 1. The Hall–Kier alpha value is -2.92. The van der Waals surface area contributed by atoms with Crippen molar-refractivity contribution in [1.82, 2.24) is 4.98 Å². The molecule has 2 aromatic carbocycles. The summed E-state index contributed by atoms with van der Waals surface area (Å²) in [6, 6.07) is 23.8. The van der Waals surface area contributed by atoms with Gasteiger partial charge in [0.15, 0.2) is 0 Å². The van der Waals surface area contributed by atoms with Gasteiger partial charge in [-0.3, -0.25) is 4.98 Å². The van der Waals surface area contributed by atoms with Crippen LogP contribution in [0.3, 0.4) is 0 Å². The molecule has 0 amide bonds. The van der Waals surface area contributed by atoms with Crippen LogP contribution in [0.25, 0.3) is 22.4 Å². The number of benzene rings is 2. The zero-order valence-corrected chi connectivity index (χ0v) is 10.8. The van der Waals surface area contributed by atoms with Crippen LogP contribution < -0.4 is 0 Å². The van der Waals surface area contributed by atoms with Crippen molar-refractivity contribution in [2.75, 3.05) is 0 Å². The first-order valence-electron chi connectivity index (χ1n) is 6.39. The molecule has 3 rings (SSSR count). The third kappa shape index (κ3) is 2.30. The number of hydrogen-bond donors (Lipinski definition) is 0. The Kier molecular flexibility index (Phi) is 3.26. The fraction of sp³-hybridized carbons (Fsp3) is 0. The minimum atomic E-state index is 0.693. The fourth-order valence-electron chi connectivity index (χ4n) is 2.19. The highest BCUT2D eigenvalue weighted by molar-refractivity contribution is 5.73. The monoisotopic (exact) mass is 256 g/mol. The second kappa shape index (κ2) is 5.38. The third-order valence-electron chi connectivity index (χ3n) is 3.20. The summed E-state index contributed by atoms with van der Waals surface area (Å²) in [5, 5.41) is 9.15. The SMILES string of the molecule is N#Cc1ccccc1-c1ccc(-c2ccccn2)cc1. The highest BCUT2D eigenvalue weighted by atomic mass is 14.7. The summed E-state index contributed by atoms with van der Waals surface area (Å²) >= 11 is 0. The van der Waals surface area contributed by atoms with Crippen LogP contribution >= 0.6 is 0 Å². The van der Waals surface area contributed by atoms with Crippen molar-refractivity contribution < 1.29 is 0 Å². The van der Waals surface area contributed by atoms with Crippen molar-refractivity contribution in [2.24, 2.45) is 0 Å². The predicted octanol–water partition coefficient (Wildman–Crippen LogP) is 4.29. The average Bonchev–Trinajstić information content (AvgIpc) is 2.56.